The summed E-state index contributed by atoms with van der Waals surface area (Å²) >= 11 is 0. The van der Waals surface area contributed by atoms with Crippen LogP contribution in [0.3, 0.4) is 0 Å². The normalized spacial score (nSPS) is 10.5. The fourth-order valence-electron chi connectivity index (χ4n) is 1.61. The molecular weight excluding hydrogens is 174 g/mol. The molecule has 72 valence electrons. The van der Waals surface area contributed by atoms with E-state index in [1.165, 1.54) is 11.1 Å². The Balaban J connectivity index is 2.86. The van der Waals surface area contributed by atoms with Crippen LogP contribution in [0, 0.1) is 13.8 Å². The third kappa shape index (κ3) is 1.23. The molecule has 0 atom stereocenters. The number of fused-ring (bicyclic) bond motifs is 1. The molecule has 0 fully saturated rings. The molecule has 1 aromatic heterocycles. The van der Waals surface area contributed by atoms with Gasteiger partial charge in [-0.3, -0.25) is 4.98 Å². The third-order valence-electron chi connectivity index (χ3n) is 2.62. The summed E-state index contributed by atoms with van der Waals surface area (Å²) in [6, 6.07) is 6.04. The van der Waals surface area contributed by atoms with Gasteiger partial charge in [0, 0.05) is 11.6 Å². The maximum Gasteiger partial charge on any atom is 0.129 e. The van der Waals surface area contributed by atoms with Gasteiger partial charge < -0.3 is 4.74 Å². The fraction of sp³-hybridized carbons (Fsp3) is 0.250. The van der Waals surface area contributed by atoms with E-state index in [1.807, 2.05) is 6.07 Å². The predicted molar refractivity (Wildman–Crippen MR) is 57.8 cm³/mol. The first-order valence-corrected chi connectivity index (χ1v) is 4.63. The van der Waals surface area contributed by atoms with E-state index >= 15 is 0 Å². The molecule has 14 heavy (non-hydrogen) atoms. The molecule has 0 aliphatic heterocycles. The molecule has 0 saturated heterocycles. The minimum atomic E-state index is 0.887. The van der Waals surface area contributed by atoms with Gasteiger partial charge in [-0.15, -0.1) is 0 Å². The van der Waals surface area contributed by atoms with Crippen LogP contribution in [-0.2, 0) is 0 Å². The summed E-state index contributed by atoms with van der Waals surface area (Å²) in [7, 11) is 1.68. The van der Waals surface area contributed by atoms with Crippen LogP contribution in [0.4, 0.5) is 0 Å². The van der Waals surface area contributed by atoms with Gasteiger partial charge in [0.15, 0.2) is 0 Å². The highest BCUT2D eigenvalue weighted by Crippen LogP contribution is 2.26. The van der Waals surface area contributed by atoms with Crippen molar-refractivity contribution in [2.45, 2.75) is 13.8 Å². The number of nitrogens with zero attached hydrogens (tertiary/aromatic N) is 1. The van der Waals surface area contributed by atoms with Crippen molar-refractivity contribution >= 4 is 10.9 Å². The second-order valence-electron chi connectivity index (χ2n) is 3.42. The standard InChI is InChI=1S/C12H13NO/c1-8-4-5-10-11(14-3)6-7-13-12(10)9(8)2/h4-7H,1-3H3. The quantitative estimate of drug-likeness (QED) is 0.684. The number of pyridine rings is 1. The summed E-state index contributed by atoms with van der Waals surface area (Å²) in [6.45, 7) is 4.18. The monoisotopic (exact) mass is 187 g/mol. The van der Waals surface area contributed by atoms with Crippen molar-refractivity contribution in [2.75, 3.05) is 7.11 Å². The lowest BCUT2D eigenvalue weighted by molar-refractivity contribution is 0.419. The largest absolute Gasteiger partial charge is 0.496 e. The third-order valence-corrected chi connectivity index (χ3v) is 2.62. The average molecular weight is 187 g/mol. The second kappa shape index (κ2) is 3.29. The van der Waals surface area contributed by atoms with Gasteiger partial charge in [0.25, 0.3) is 0 Å². The van der Waals surface area contributed by atoms with Gasteiger partial charge in [0.1, 0.15) is 5.75 Å². The van der Waals surface area contributed by atoms with E-state index in [0.29, 0.717) is 0 Å². The summed E-state index contributed by atoms with van der Waals surface area (Å²) in [6.07, 6.45) is 1.79. The molecule has 0 aliphatic carbocycles. The topological polar surface area (TPSA) is 22.1 Å². The highest BCUT2D eigenvalue weighted by Gasteiger charge is 2.05. The lowest BCUT2D eigenvalue weighted by Gasteiger charge is -2.08. The van der Waals surface area contributed by atoms with Crippen molar-refractivity contribution in [1.82, 2.24) is 4.98 Å². The molecule has 0 saturated carbocycles. The lowest BCUT2D eigenvalue weighted by atomic mass is 10.1. The highest BCUT2D eigenvalue weighted by atomic mass is 16.5. The Hall–Kier alpha value is -1.57. The molecule has 0 unspecified atom stereocenters. The van der Waals surface area contributed by atoms with Crippen LogP contribution in [0.1, 0.15) is 11.1 Å². The number of benzene rings is 1. The van der Waals surface area contributed by atoms with Gasteiger partial charge in [-0.1, -0.05) is 6.07 Å². The number of hydrogen-bond acceptors (Lipinski definition) is 2. The Bertz CT molecular complexity index is 477. The Kier molecular flexibility index (Phi) is 2.12. The van der Waals surface area contributed by atoms with Crippen LogP contribution < -0.4 is 4.74 Å². The molecule has 0 bridgehead atoms. The van der Waals surface area contributed by atoms with Gasteiger partial charge in [-0.25, -0.2) is 0 Å². The van der Waals surface area contributed by atoms with Crippen molar-refractivity contribution in [2.24, 2.45) is 0 Å². The summed E-state index contributed by atoms with van der Waals surface area (Å²) in [5, 5.41) is 1.08. The molecule has 2 nitrogen and oxygen atoms in total. The number of rotatable bonds is 1. The zero-order valence-corrected chi connectivity index (χ0v) is 8.66. The molecule has 2 rings (SSSR count). The van der Waals surface area contributed by atoms with Crippen molar-refractivity contribution in [3.05, 3.63) is 35.5 Å². The molecule has 0 N–H and O–H groups in total. The van der Waals surface area contributed by atoms with E-state index in [1.54, 1.807) is 13.3 Å². The number of ether oxygens (including phenoxy) is 1. The SMILES string of the molecule is COc1ccnc2c(C)c(C)ccc12. The predicted octanol–water partition coefficient (Wildman–Crippen LogP) is 2.86. The minimum Gasteiger partial charge on any atom is -0.496 e. The van der Waals surface area contributed by atoms with Crippen molar-refractivity contribution in [3.63, 3.8) is 0 Å². The molecule has 0 aliphatic rings. The maximum absolute atomic E-state index is 5.28. The number of methoxy groups -OCH3 is 1. The zero-order valence-electron chi connectivity index (χ0n) is 8.66. The van der Waals surface area contributed by atoms with Crippen LogP contribution in [0.2, 0.25) is 0 Å². The lowest BCUT2D eigenvalue weighted by Crippen LogP contribution is -1.90. The Morgan fingerprint density at radius 3 is 2.64 bits per heavy atom. The molecule has 2 aromatic rings. The second-order valence-corrected chi connectivity index (χ2v) is 3.42. The highest BCUT2D eigenvalue weighted by molar-refractivity contribution is 5.88. The van der Waals surface area contributed by atoms with Gasteiger partial charge in [-0.2, -0.15) is 0 Å². The Morgan fingerprint density at radius 2 is 1.93 bits per heavy atom. The molecule has 2 heteroatoms. The molecule has 0 radical (unpaired) electrons. The first-order valence-electron chi connectivity index (χ1n) is 4.63. The van der Waals surface area contributed by atoms with Gasteiger partial charge in [0.2, 0.25) is 0 Å². The van der Waals surface area contributed by atoms with Crippen LogP contribution in [-0.4, -0.2) is 12.1 Å². The smallest absolute Gasteiger partial charge is 0.129 e. The molecule has 1 heterocycles. The molecular formula is C12H13NO. The van der Waals surface area contributed by atoms with Crippen LogP contribution in [0.15, 0.2) is 24.4 Å². The first kappa shape index (κ1) is 9.00. The van der Waals surface area contributed by atoms with Crippen molar-refractivity contribution in [3.8, 4) is 5.75 Å². The van der Waals surface area contributed by atoms with Gasteiger partial charge in [-0.05, 0) is 37.1 Å². The Morgan fingerprint density at radius 1 is 1.14 bits per heavy atom. The van der Waals surface area contributed by atoms with E-state index in [-0.39, 0.29) is 0 Å². The van der Waals surface area contributed by atoms with Crippen LogP contribution in [0.5, 0.6) is 5.75 Å². The van der Waals surface area contributed by atoms with Gasteiger partial charge >= 0.3 is 0 Å². The number of aromatic nitrogens is 1. The van der Waals surface area contributed by atoms with E-state index < -0.39 is 0 Å². The summed E-state index contributed by atoms with van der Waals surface area (Å²) in [5.41, 5.74) is 3.52. The molecule has 1 aromatic carbocycles. The molecule has 0 spiro atoms. The van der Waals surface area contributed by atoms with E-state index in [2.05, 4.69) is 31.0 Å². The average Bonchev–Trinajstić information content (AvgIpc) is 2.23. The summed E-state index contributed by atoms with van der Waals surface area (Å²) in [4.78, 5) is 4.37. The first-order chi connectivity index (χ1) is 6.74. The summed E-state index contributed by atoms with van der Waals surface area (Å²) < 4.78 is 5.28. The molecule has 0 amide bonds. The Labute approximate surface area is 83.5 Å². The maximum atomic E-state index is 5.28. The van der Waals surface area contributed by atoms with Crippen molar-refractivity contribution < 1.29 is 4.74 Å². The van der Waals surface area contributed by atoms with E-state index in [4.69, 9.17) is 4.74 Å². The van der Waals surface area contributed by atoms with Crippen LogP contribution in [0.25, 0.3) is 10.9 Å². The van der Waals surface area contributed by atoms with E-state index in [0.717, 1.165) is 16.7 Å². The van der Waals surface area contributed by atoms with E-state index in [9.17, 15) is 0 Å². The van der Waals surface area contributed by atoms with Crippen molar-refractivity contribution in [1.29, 1.82) is 0 Å². The minimum absolute atomic E-state index is 0.887. The zero-order chi connectivity index (χ0) is 10.1. The number of hydrogen-bond donors (Lipinski definition) is 0. The number of aryl methyl sites for hydroxylation is 2. The van der Waals surface area contributed by atoms with Gasteiger partial charge in [0.05, 0.1) is 12.6 Å². The van der Waals surface area contributed by atoms with Crippen LogP contribution >= 0.6 is 0 Å². The fourth-order valence-corrected chi connectivity index (χ4v) is 1.61. The summed E-state index contributed by atoms with van der Waals surface area (Å²) in [5.74, 6) is 0.887.